The van der Waals surface area contributed by atoms with Crippen molar-refractivity contribution in [1.82, 2.24) is 10.3 Å². The van der Waals surface area contributed by atoms with E-state index in [0.29, 0.717) is 30.1 Å². The molecule has 6 heteroatoms. The van der Waals surface area contributed by atoms with Crippen molar-refractivity contribution in [3.05, 3.63) is 54.1 Å². The fraction of sp³-hybridized carbons (Fsp3) is 0.200. The van der Waals surface area contributed by atoms with Gasteiger partial charge in [0.15, 0.2) is 0 Å². The highest BCUT2D eigenvalue weighted by Gasteiger charge is 2.07. The largest absolute Gasteiger partial charge is 0.383 e. The summed E-state index contributed by atoms with van der Waals surface area (Å²) >= 11 is 0. The average molecular weight is 289 g/mol. The van der Waals surface area contributed by atoms with Crippen molar-refractivity contribution in [3.63, 3.8) is 0 Å². The molecule has 0 unspecified atom stereocenters. The lowest BCUT2D eigenvalue weighted by Gasteiger charge is -2.09. The fourth-order valence-corrected chi connectivity index (χ4v) is 1.72. The second-order valence-electron chi connectivity index (χ2n) is 4.32. The van der Waals surface area contributed by atoms with Crippen LogP contribution in [0.3, 0.4) is 0 Å². The number of ether oxygens (including phenoxy) is 1. The van der Waals surface area contributed by atoms with Crippen LogP contribution in [-0.2, 0) is 4.74 Å². The minimum absolute atomic E-state index is 0.253. The molecule has 5 nitrogen and oxygen atoms in total. The van der Waals surface area contributed by atoms with Gasteiger partial charge < -0.3 is 15.4 Å². The number of nitrogens with one attached hydrogen (secondary N) is 2. The Morgan fingerprint density at radius 2 is 2.14 bits per heavy atom. The molecule has 2 aromatic rings. The van der Waals surface area contributed by atoms with E-state index in [1.807, 2.05) is 0 Å². The topological polar surface area (TPSA) is 63.2 Å². The third-order valence-electron chi connectivity index (χ3n) is 2.75. The van der Waals surface area contributed by atoms with Crippen LogP contribution >= 0.6 is 0 Å². The molecule has 0 radical (unpaired) electrons. The summed E-state index contributed by atoms with van der Waals surface area (Å²) in [6, 6.07) is 7.91. The second-order valence-corrected chi connectivity index (χ2v) is 4.32. The highest BCUT2D eigenvalue weighted by molar-refractivity contribution is 5.94. The van der Waals surface area contributed by atoms with E-state index in [-0.39, 0.29) is 11.7 Å². The van der Waals surface area contributed by atoms with Crippen LogP contribution in [0, 0.1) is 5.82 Å². The third-order valence-corrected chi connectivity index (χ3v) is 2.75. The summed E-state index contributed by atoms with van der Waals surface area (Å²) in [6.07, 6.45) is 2.98. The number of nitrogens with zero attached hydrogens (tertiary/aromatic N) is 1. The van der Waals surface area contributed by atoms with Crippen LogP contribution in [0.15, 0.2) is 42.7 Å². The van der Waals surface area contributed by atoms with Gasteiger partial charge in [0, 0.05) is 19.9 Å². The van der Waals surface area contributed by atoms with Crippen LogP contribution in [0.4, 0.5) is 15.8 Å². The van der Waals surface area contributed by atoms with Crippen LogP contribution in [0.5, 0.6) is 0 Å². The number of aromatic nitrogens is 1. The first kappa shape index (κ1) is 14.9. The predicted molar refractivity (Wildman–Crippen MR) is 78.1 cm³/mol. The van der Waals surface area contributed by atoms with Crippen LogP contribution in [0.25, 0.3) is 0 Å². The number of hydrogen-bond donors (Lipinski definition) is 2. The van der Waals surface area contributed by atoms with Crippen molar-refractivity contribution in [3.8, 4) is 0 Å². The predicted octanol–water partition coefficient (Wildman–Crippen LogP) is 2.34. The van der Waals surface area contributed by atoms with Crippen LogP contribution < -0.4 is 10.6 Å². The third kappa shape index (κ3) is 4.25. The number of hydrogen-bond acceptors (Lipinski definition) is 4. The first-order chi connectivity index (χ1) is 10.2. The Morgan fingerprint density at radius 1 is 1.33 bits per heavy atom. The Labute approximate surface area is 122 Å². The summed E-state index contributed by atoms with van der Waals surface area (Å²) in [7, 11) is 1.56. The minimum atomic E-state index is -0.368. The molecule has 0 saturated carbocycles. The molecule has 1 aromatic heterocycles. The standard InChI is InChI=1S/C15H16FN3O2/c1-21-7-6-18-15(20)11-8-12(10-17-9-11)19-14-5-3-2-4-13(14)16/h2-5,8-10,19H,6-7H2,1H3,(H,18,20). The van der Waals surface area contributed by atoms with E-state index in [2.05, 4.69) is 15.6 Å². The van der Waals surface area contributed by atoms with E-state index in [4.69, 9.17) is 4.74 Å². The number of carbonyl (C=O) groups excluding carboxylic acids is 1. The summed E-state index contributed by atoms with van der Waals surface area (Å²) in [6.45, 7) is 0.854. The van der Waals surface area contributed by atoms with Gasteiger partial charge in [0.25, 0.3) is 5.91 Å². The molecule has 0 fully saturated rings. The molecular formula is C15H16FN3O2. The summed E-state index contributed by atoms with van der Waals surface area (Å²) in [5.74, 6) is -0.621. The lowest BCUT2D eigenvalue weighted by molar-refractivity contribution is 0.0937. The lowest BCUT2D eigenvalue weighted by Crippen LogP contribution is -2.27. The molecule has 1 aromatic carbocycles. The van der Waals surface area contributed by atoms with Crippen molar-refractivity contribution >= 4 is 17.3 Å². The zero-order valence-electron chi connectivity index (χ0n) is 11.6. The van der Waals surface area contributed by atoms with Crippen molar-refractivity contribution < 1.29 is 13.9 Å². The molecule has 0 aliphatic carbocycles. The van der Waals surface area contributed by atoms with Crippen molar-refractivity contribution in [2.24, 2.45) is 0 Å². The van der Waals surface area contributed by atoms with Gasteiger partial charge in [0.1, 0.15) is 5.82 Å². The molecule has 0 atom stereocenters. The summed E-state index contributed by atoms with van der Waals surface area (Å²) < 4.78 is 18.4. The molecule has 0 aliphatic rings. The number of rotatable bonds is 6. The summed E-state index contributed by atoms with van der Waals surface area (Å²) in [5.41, 5.74) is 1.27. The Morgan fingerprint density at radius 3 is 2.90 bits per heavy atom. The number of carbonyl (C=O) groups is 1. The number of pyridine rings is 1. The zero-order chi connectivity index (χ0) is 15.1. The monoisotopic (exact) mass is 289 g/mol. The number of para-hydroxylation sites is 1. The molecule has 110 valence electrons. The molecule has 0 spiro atoms. The molecule has 1 heterocycles. The molecular weight excluding hydrogens is 273 g/mol. The minimum Gasteiger partial charge on any atom is -0.383 e. The van der Waals surface area contributed by atoms with Gasteiger partial charge in [-0.2, -0.15) is 0 Å². The Hall–Kier alpha value is -2.47. The molecule has 2 N–H and O–H groups in total. The number of anilines is 2. The van der Waals surface area contributed by atoms with E-state index in [0.717, 1.165) is 0 Å². The van der Waals surface area contributed by atoms with E-state index >= 15 is 0 Å². The smallest absolute Gasteiger partial charge is 0.253 e. The van der Waals surface area contributed by atoms with Gasteiger partial charge in [-0.3, -0.25) is 9.78 Å². The van der Waals surface area contributed by atoms with Gasteiger partial charge in [0.2, 0.25) is 0 Å². The van der Waals surface area contributed by atoms with E-state index in [1.165, 1.54) is 18.5 Å². The second kappa shape index (κ2) is 7.35. The van der Waals surface area contributed by atoms with Crippen LogP contribution in [-0.4, -0.2) is 31.2 Å². The van der Waals surface area contributed by atoms with Gasteiger partial charge in [0.05, 0.1) is 29.7 Å². The summed E-state index contributed by atoms with van der Waals surface area (Å²) in [5, 5.41) is 5.59. The average Bonchev–Trinajstić information content (AvgIpc) is 2.50. The molecule has 0 bridgehead atoms. The normalized spacial score (nSPS) is 10.2. The van der Waals surface area contributed by atoms with Crippen molar-refractivity contribution in [1.29, 1.82) is 0 Å². The highest BCUT2D eigenvalue weighted by atomic mass is 19.1. The highest BCUT2D eigenvalue weighted by Crippen LogP contribution is 2.19. The quantitative estimate of drug-likeness (QED) is 0.801. The van der Waals surface area contributed by atoms with E-state index in [9.17, 15) is 9.18 Å². The van der Waals surface area contributed by atoms with Crippen molar-refractivity contribution in [2.75, 3.05) is 25.6 Å². The number of benzene rings is 1. The maximum atomic E-state index is 13.6. The zero-order valence-corrected chi connectivity index (χ0v) is 11.6. The van der Waals surface area contributed by atoms with Crippen LogP contribution in [0.2, 0.25) is 0 Å². The van der Waals surface area contributed by atoms with Gasteiger partial charge >= 0.3 is 0 Å². The maximum Gasteiger partial charge on any atom is 0.253 e. The SMILES string of the molecule is COCCNC(=O)c1cncc(Nc2ccccc2F)c1. The molecule has 2 rings (SSSR count). The fourth-order valence-electron chi connectivity index (χ4n) is 1.72. The molecule has 21 heavy (non-hydrogen) atoms. The number of amides is 1. The van der Waals surface area contributed by atoms with Gasteiger partial charge in [-0.05, 0) is 18.2 Å². The molecule has 0 saturated heterocycles. The van der Waals surface area contributed by atoms with Gasteiger partial charge in [-0.15, -0.1) is 0 Å². The number of methoxy groups -OCH3 is 1. The first-order valence-corrected chi connectivity index (χ1v) is 6.44. The van der Waals surface area contributed by atoms with Crippen LogP contribution in [0.1, 0.15) is 10.4 Å². The Balaban J connectivity index is 2.07. The van der Waals surface area contributed by atoms with Gasteiger partial charge in [-0.1, -0.05) is 12.1 Å². The number of halogens is 1. The summed E-state index contributed by atoms with van der Waals surface area (Å²) in [4.78, 5) is 15.9. The Kier molecular flexibility index (Phi) is 5.22. The molecule has 0 aliphatic heterocycles. The van der Waals surface area contributed by atoms with E-state index < -0.39 is 0 Å². The first-order valence-electron chi connectivity index (χ1n) is 6.44. The van der Waals surface area contributed by atoms with Gasteiger partial charge in [-0.25, -0.2) is 4.39 Å². The lowest BCUT2D eigenvalue weighted by atomic mass is 10.2. The van der Waals surface area contributed by atoms with E-state index in [1.54, 1.807) is 31.4 Å². The maximum absolute atomic E-state index is 13.6. The Bertz CT molecular complexity index is 619. The molecule has 1 amide bonds. The van der Waals surface area contributed by atoms with Crippen molar-refractivity contribution in [2.45, 2.75) is 0 Å².